The van der Waals surface area contributed by atoms with Gasteiger partial charge in [0.1, 0.15) is 11.7 Å². The fourth-order valence-electron chi connectivity index (χ4n) is 6.69. The van der Waals surface area contributed by atoms with Crippen LogP contribution in [0.2, 0.25) is 0 Å². The molecule has 194 valence electrons. The normalized spacial score (nSPS) is 33.0. The number of likely N-dealkylation sites (N-methyl/N-ethyl adjacent to an activating group) is 1. The zero-order valence-electron chi connectivity index (χ0n) is 20.7. The molecule has 1 amide bonds. The van der Waals surface area contributed by atoms with Gasteiger partial charge in [0.15, 0.2) is 23.0 Å². The van der Waals surface area contributed by atoms with Gasteiger partial charge in [0.2, 0.25) is 5.91 Å². The molecule has 37 heavy (non-hydrogen) atoms. The Kier molecular flexibility index (Phi) is 6.26. The van der Waals surface area contributed by atoms with E-state index in [1.807, 2.05) is 30.3 Å². The van der Waals surface area contributed by atoms with Crippen molar-refractivity contribution in [3.05, 3.63) is 65.2 Å². The first-order valence-electron chi connectivity index (χ1n) is 12.3. The first-order chi connectivity index (χ1) is 17.6. The molecule has 0 heterocycles. The molecule has 4 N–H and O–H groups in total. The second kappa shape index (κ2) is 9.16. The Hall–Kier alpha value is -3.40. The molecule has 0 aromatic heterocycles. The minimum atomic E-state index is -2.58. The predicted molar refractivity (Wildman–Crippen MR) is 131 cm³/mol. The van der Waals surface area contributed by atoms with Gasteiger partial charge in [-0.25, -0.2) is 0 Å². The molecular formula is C28H30N2O7. The lowest BCUT2D eigenvalue weighted by atomic mass is 9.52. The number of fused-ring (bicyclic) bond motifs is 3. The van der Waals surface area contributed by atoms with Crippen molar-refractivity contribution < 1.29 is 34.1 Å². The number of phenolic OH excluding ortho intramolecular Hbond substituents is 1. The average Bonchev–Trinajstić information content (AvgIpc) is 2.85. The lowest BCUT2D eigenvalue weighted by molar-refractivity contribution is -0.196. The maximum atomic E-state index is 13.9. The molecule has 3 aliphatic rings. The van der Waals surface area contributed by atoms with E-state index in [1.165, 1.54) is 6.07 Å². The van der Waals surface area contributed by atoms with Crippen molar-refractivity contribution in [1.82, 2.24) is 4.90 Å². The fourth-order valence-corrected chi connectivity index (χ4v) is 6.69. The summed E-state index contributed by atoms with van der Waals surface area (Å²) in [6.45, 7) is 0.100. The number of aliphatic hydroxyl groups is 1. The number of carbonyl (C=O) groups is 4. The highest BCUT2D eigenvalue weighted by Gasteiger charge is 2.69. The Morgan fingerprint density at radius 3 is 2.43 bits per heavy atom. The highest BCUT2D eigenvalue weighted by molar-refractivity contribution is 6.25. The molecule has 2 fully saturated rings. The third-order valence-electron chi connectivity index (χ3n) is 8.29. The molecule has 0 radical (unpaired) electrons. The van der Waals surface area contributed by atoms with E-state index < -0.39 is 64.7 Å². The molecule has 2 aromatic rings. The summed E-state index contributed by atoms with van der Waals surface area (Å²) in [4.78, 5) is 55.5. The number of amides is 1. The van der Waals surface area contributed by atoms with Gasteiger partial charge in [0.05, 0.1) is 24.2 Å². The van der Waals surface area contributed by atoms with Gasteiger partial charge in [-0.05, 0) is 50.0 Å². The maximum absolute atomic E-state index is 13.9. The minimum Gasteiger partial charge on any atom is -0.507 e. The van der Waals surface area contributed by atoms with Crippen LogP contribution < -0.4 is 5.73 Å². The first kappa shape index (κ1) is 25.3. The molecule has 5 rings (SSSR count). The average molecular weight is 507 g/mol. The van der Waals surface area contributed by atoms with Crippen molar-refractivity contribution in [3.63, 3.8) is 0 Å². The number of nitrogens with two attached hydrogens (primary N) is 1. The van der Waals surface area contributed by atoms with Crippen molar-refractivity contribution in [2.45, 2.75) is 37.2 Å². The summed E-state index contributed by atoms with van der Waals surface area (Å²) >= 11 is 0. The van der Waals surface area contributed by atoms with E-state index in [-0.39, 0.29) is 24.3 Å². The summed E-state index contributed by atoms with van der Waals surface area (Å²) in [5.41, 5.74) is 4.58. The van der Waals surface area contributed by atoms with Gasteiger partial charge in [-0.15, -0.1) is 0 Å². The molecule has 0 aliphatic heterocycles. The molecule has 0 saturated heterocycles. The Balaban J connectivity index is 1.57. The van der Waals surface area contributed by atoms with Gasteiger partial charge in [-0.3, -0.25) is 19.2 Å². The number of nitrogens with zero attached hydrogens (tertiary/aromatic N) is 1. The van der Waals surface area contributed by atoms with Gasteiger partial charge in [-0.2, -0.15) is 0 Å². The van der Waals surface area contributed by atoms with E-state index in [1.54, 1.807) is 31.1 Å². The Morgan fingerprint density at radius 1 is 1.08 bits per heavy atom. The second-order valence-electron chi connectivity index (χ2n) is 10.5. The van der Waals surface area contributed by atoms with Crippen molar-refractivity contribution in [3.8, 4) is 5.75 Å². The number of rotatable bonds is 5. The SMILES string of the molecule is CN(C)[C@H]1C(OCc2ccccc2)C(C(N)=O)C(=O)[C@]2(O)C(=O)C3C(=O)c4c(O)cccc4C[C@@H]3C[C@H]12. The van der Waals surface area contributed by atoms with Crippen LogP contribution in [0.1, 0.15) is 27.9 Å². The fraction of sp³-hybridized carbons (Fsp3) is 0.429. The van der Waals surface area contributed by atoms with Crippen molar-refractivity contribution in [1.29, 1.82) is 0 Å². The van der Waals surface area contributed by atoms with Gasteiger partial charge in [0.25, 0.3) is 0 Å². The van der Waals surface area contributed by atoms with Gasteiger partial charge in [0, 0.05) is 12.0 Å². The maximum Gasteiger partial charge on any atom is 0.230 e. The molecule has 7 atom stereocenters. The molecule has 2 aromatic carbocycles. The molecule has 0 bridgehead atoms. The molecule has 9 nitrogen and oxygen atoms in total. The van der Waals surface area contributed by atoms with Crippen molar-refractivity contribution in [2.24, 2.45) is 29.4 Å². The van der Waals surface area contributed by atoms with Gasteiger partial charge >= 0.3 is 0 Å². The summed E-state index contributed by atoms with van der Waals surface area (Å²) in [7, 11) is 3.46. The zero-order chi connectivity index (χ0) is 26.6. The Bertz CT molecular complexity index is 1280. The Morgan fingerprint density at radius 2 is 1.78 bits per heavy atom. The van der Waals surface area contributed by atoms with E-state index in [9.17, 15) is 29.4 Å². The molecule has 9 heteroatoms. The third kappa shape index (κ3) is 3.80. The summed E-state index contributed by atoms with van der Waals surface area (Å²) in [5, 5.41) is 22.2. The Labute approximate surface area is 214 Å². The van der Waals surface area contributed by atoms with Crippen LogP contribution in [-0.4, -0.2) is 70.2 Å². The number of benzene rings is 2. The summed E-state index contributed by atoms with van der Waals surface area (Å²) in [5.74, 6) is -8.11. The molecule has 3 unspecified atom stereocenters. The summed E-state index contributed by atoms with van der Waals surface area (Å²) in [6, 6.07) is 13.3. The lowest BCUT2D eigenvalue weighted by Gasteiger charge is -2.55. The summed E-state index contributed by atoms with van der Waals surface area (Å²) < 4.78 is 6.16. The first-order valence-corrected chi connectivity index (χ1v) is 12.3. The molecule has 0 spiro atoms. The van der Waals surface area contributed by atoms with E-state index in [4.69, 9.17) is 10.5 Å². The van der Waals surface area contributed by atoms with Crippen LogP contribution >= 0.6 is 0 Å². The number of hydrogen-bond donors (Lipinski definition) is 3. The molecule has 2 saturated carbocycles. The predicted octanol–water partition coefficient (Wildman–Crippen LogP) is 0.883. The van der Waals surface area contributed by atoms with Gasteiger partial charge < -0.3 is 25.6 Å². The van der Waals surface area contributed by atoms with Crippen LogP contribution in [0.15, 0.2) is 48.5 Å². The number of Topliss-reactive ketones (excluding diaryl/α,β-unsaturated/α-hetero) is 3. The van der Waals surface area contributed by atoms with Crippen LogP contribution in [0.4, 0.5) is 0 Å². The summed E-state index contributed by atoms with van der Waals surface area (Å²) in [6.07, 6.45) is -0.494. The minimum absolute atomic E-state index is 0.0436. The highest BCUT2D eigenvalue weighted by Crippen LogP contribution is 2.51. The largest absolute Gasteiger partial charge is 0.507 e. The topological polar surface area (TPSA) is 147 Å². The second-order valence-corrected chi connectivity index (χ2v) is 10.5. The van der Waals surface area contributed by atoms with E-state index in [2.05, 4.69) is 0 Å². The number of carbonyl (C=O) groups excluding carboxylic acids is 4. The third-order valence-corrected chi connectivity index (χ3v) is 8.29. The number of ketones is 3. The molecule has 3 aliphatic carbocycles. The van der Waals surface area contributed by atoms with Crippen LogP contribution in [0.25, 0.3) is 0 Å². The van der Waals surface area contributed by atoms with Crippen molar-refractivity contribution >= 4 is 23.3 Å². The number of primary amides is 1. The zero-order valence-corrected chi connectivity index (χ0v) is 20.7. The number of ether oxygens (including phenoxy) is 1. The van der Waals surface area contributed by atoms with Crippen LogP contribution in [0, 0.1) is 23.7 Å². The van der Waals surface area contributed by atoms with E-state index in [0.29, 0.717) is 12.0 Å². The van der Waals surface area contributed by atoms with Crippen LogP contribution in [-0.2, 0) is 32.1 Å². The lowest BCUT2D eigenvalue weighted by Crippen LogP contribution is -2.75. The smallest absolute Gasteiger partial charge is 0.230 e. The number of phenols is 1. The monoisotopic (exact) mass is 506 g/mol. The number of hydrogen-bond acceptors (Lipinski definition) is 8. The van der Waals surface area contributed by atoms with Crippen molar-refractivity contribution in [2.75, 3.05) is 14.1 Å². The quantitative estimate of drug-likeness (QED) is 0.507. The molecular weight excluding hydrogens is 476 g/mol. The van der Waals surface area contributed by atoms with Crippen LogP contribution in [0.5, 0.6) is 5.75 Å². The number of aromatic hydroxyl groups is 1. The van der Waals surface area contributed by atoms with E-state index >= 15 is 0 Å². The standard InChI is InChI=1S/C28H30N2O7/c1-30(2)22-17-12-16-11-15-9-6-10-18(31)19(15)23(32)20(16)25(33)28(17,36)26(34)21(27(29)35)24(22)37-13-14-7-4-3-5-8-14/h3-10,16-17,20-22,24,31,36H,11-13H2,1-2H3,(H2,29,35)/t16-,17-,20?,21?,22-,24?,28-/m1/s1. The van der Waals surface area contributed by atoms with Gasteiger partial charge in [-0.1, -0.05) is 42.5 Å². The van der Waals surface area contributed by atoms with E-state index in [0.717, 1.165) is 5.56 Å². The highest BCUT2D eigenvalue weighted by atomic mass is 16.5. The van der Waals surface area contributed by atoms with Crippen LogP contribution in [0.3, 0.4) is 0 Å².